The van der Waals surface area contributed by atoms with E-state index in [2.05, 4.69) is 15.0 Å². The first-order valence-electron chi connectivity index (χ1n) is 6.69. The fourth-order valence-electron chi connectivity index (χ4n) is 2.33. The molecular weight excluding hydrogens is 261 g/mol. The molecule has 0 spiro atoms. The van der Waals surface area contributed by atoms with Crippen LogP contribution >= 0.6 is 0 Å². The number of aliphatic hydroxyl groups excluding tert-OH is 1. The van der Waals surface area contributed by atoms with Crippen LogP contribution in [0.4, 0.5) is 4.39 Å². The Balaban J connectivity index is 1.68. The van der Waals surface area contributed by atoms with Crippen molar-refractivity contribution in [3.63, 3.8) is 0 Å². The Kier molecular flexibility index (Phi) is 3.75. The maximum atomic E-state index is 13.2. The third-order valence-electron chi connectivity index (χ3n) is 3.47. The van der Waals surface area contributed by atoms with Gasteiger partial charge >= 0.3 is 0 Å². The molecule has 0 atom stereocenters. The van der Waals surface area contributed by atoms with Crippen molar-refractivity contribution in [3.05, 3.63) is 36.0 Å². The number of rotatable bonds is 3. The van der Waals surface area contributed by atoms with Crippen LogP contribution in [0.3, 0.4) is 0 Å². The SMILES string of the molecule is OC1CCN(Cc2nc(-c3cccc(F)c3)no2)CC1. The highest BCUT2D eigenvalue weighted by atomic mass is 19.1. The second kappa shape index (κ2) is 5.68. The zero-order chi connectivity index (χ0) is 13.9. The molecule has 1 aliphatic rings. The van der Waals surface area contributed by atoms with Gasteiger partial charge in [-0.3, -0.25) is 4.90 Å². The van der Waals surface area contributed by atoms with Crippen LogP contribution in [0.1, 0.15) is 18.7 Å². The minimum atomic E-state index is -0.320. The smallest absolute Gasteiger partial charge is 0.241 e. The maximum Gasteiger partial charge on any atom is 0.241 e. The van der Waals surface area contributed by atoms with Gasteiger partial charge in [-0.1, -0.05) is 17.3 Å². The van der Waals surface area contributed by atoms with Crippen molar-refractivity contribution in [1.82, 2.24) is 15.0 Å². The topological polar surface area (TPSA) is 62.4 Å². The van der Waals surface area contributed by atoms with Crippen molar-refractivity contribution < 1.29 is 14.0 Å². The highest BCUT2D eigenvalue weighted by molar-refractivity contribution is 5.53. The molecule has 1 saturated heterocycles. The Labute approximate surface area is 116 Å². The van der Waals surface area contributed by atoms with Crippen LogP contribution in [0.5, 0.6) is 0 Å². The first-order chi connectivity index (χ1) is 9.70. The van der Waals surface area contributed by atoms with Gasteiger partial charge in [0.1, 0.15) is 5.82 Å². The van der Waals surface area contributed by atoms with Crippen LogP contribution in [-0.4, -0.2) is 39.3 Å². The minimum absolute atomic E-state index is 0.197. The van der Waals surface area contributed by atoms with Crippen molar-refractivity contribution in [1.29, 1.82) is 0 Å². The number of hydrogen-bond acceptors (Lipinski definition) is 5. The lowest BCUT2D eigenvalue weighted by molar-refractivity contribution is 0.0740. The van der Waals surface area contributed by atoms with Gasteiger partial charge in [-0.15, -0.1) is 0 Å². The Hall–Kier alpha value is -1.79. The fourth-order valence-corrected chi connectivity index (χ4v) is 2.33. The number of halogens is 1. The number of nitrogens with zero attached hydrogens (tertiary/aromatic N) is 3. The van der Waals surface area contributed by atoms with Crippen LogP contribution in [0.15, 0.2) is 28.8 Å². The van der Waals surface area contributed by atoms with Gasteiger partial charge in [-0.2, -0.15) is 4.98 Å². The highest BCUT2D eigenvalue weighted by Gasteiger charge is 2.19. The largest absolute Gasteiger partial charge is 0.393 e. The predicted molar refractivity (Wildman–Crippen MR) is 70.2 cm³/mol. The molecule has 0 aliphatic carbocycles. The van der Waals surface area contributed by atoms with Gasteiger partial charge in [-0.25, -0.2) is 4.39 Å². The predicted octanol–water partition coefficient (Wildman–Crippen LogP) is 1.83. The zero-order valence-electron chi connectivity index (χ0n) is 11.0. The lowest BCUT2D eigenvalue weighted by atomic mass is 10.1. The standard InChI is InChI=1S/C14H16FN3O2/c15-11-3-1-2-10(8-11)14-16-13(20-17-14)9-18-6-4-12(19)5-7-18/h1-3,8,12,19H,4-7,9H2. The minimum Gasteiger partial charge on any atom is -0.393 e. The maximum absolute atomic E-state index is 13.2. The average molecular weight is 277 g/mol. The summed E-state index contributed by atoms with van der Waals surface area (Å²) in [4.78, 5) is 6.45. The molecule has 6 heteroatoms. The quantitative estimate of drug-likeness (QED) is 0.927. The molecule has 2 aromatic rings. The summed E-state index contributed by atoms with van der Waals surface area (Å²) in [5.41, 5.74) is 0.606. The van der Waals surface area contributed by atoms with E-state index in [0.29, 0.717) is 23.8 Å². The molecule has 5 nitrogen and oxygen atoms in total. The number of aromatic nitrogens is 2. The third kappa shape index (κ3) is 3.02. The number of aliphatic hydroxyl groups is 1. The zero-order valence-corrected chi connectivity index (χ0v) is 11.0. The van der Waals surface area contributed by atoms with Gasteiger partial charge in [0.15, 0.2) is 0 Å². The molecular formula is C14H16FN3O2. The third-order valence-corrected chi connectivity index (χ3v) is 3.47. The lowest BCUT2D eigenvalue weighted by Crippen LogP contribution is -2.35. The summed E-state index contributed by atoms with van der Waals surface area (Å²) in [7, 11) is 0. The van der Waals surface area contributed by atoms with Crippen LogP contribution in [0, 0.1) is 5.82 Å². The molecule has 1 aromatic heterocycles. The van der Waals surface area contributed by atoms with Gasteiger partial charge in [0.2, 0.25) is 11.7 Å². The van der Waals surface area contributed by atoms with Gasteiger partial charge in [0.05, 0.1) is 12.6 Å². The molecule has 0 unspecified atom stereocenters. The van der Waals surface area contributed by atoms with E-state index in [9.17, 15) is 9.50 Å². The monoisotopic (exact) mass is 277 g/mol. The van der Waals surface area contributed by atoms with Crippen molar-refractivity contribution in [2.45, 2.75) is 25.5 Å². The van der Waals surface area contributed by atoms with E-state index < -0.39 is 0 Å². The average Bonchev–Trinajstić information content (AvgIpc) is 2.90. The van der Waals surface area contributed by atoms with Crippen LogP contribution < -0.4 is 0 Å². The summed E-state index contributed by atoms with van der Waals surface area (Å²) in [6.07, 6.45) is 1.34. The Morgan fingerprint density at radius 2 is 2.15 bits per heavy atom. The van der Waals surface area contributed by atoms with Crippen molar-refractivity contribution in [3.8, 4) is 11.4 Å². The molecule has 0 amide bonds. The molecule has 1 fully saturated rings. The molecule has 0 bridgehead atoms. The Morgan fingerprint density at radius 1 is 1.35 bits per heavy atom. The van der Waals surface area contributed by atoms with E-state index in [1.165, 1.54) is 12.1 Å². The van der Waals surface area contributed by atoms with E-state index in [4.69, 9.17) is 4.52 Å². The normalized spacial score (nSPS) is 17.5. The number of benzene rings is 1. The van der Waals surface area contributed by atoms with Gasteiger partial charge in [-0.05, 0) is 25.0 Å². The lowest BCUT2D eigenvalue weighted by Gasteiger charge is -2.27. The van der Waals surface area contributed by atoms with Crippen LogP contribution in [-0.2, 0) is 6.54 Å². The van der Waals surface area contributed by atoms with Crippen molar-refractivity contribution in [2.75, 3.05) is 13.1 Å². The van der Waals surface area contributed by atoms with Crippen LogP contribution in [0.2, 0.25) is 0 Å². The molecule has 1 aliphatic heterocycles. The number of hydrogen-bond donors (Lipinski definition) is 1. The summed E-state index contributed by atoms with van der Waals surface area (Å²) in [5, 5.41) is 13.3. The highest BCUT2D eigenvalue weighted by Crippen LogP contribution is 2.18. The van der Waals surface area contributed by atoms with Gasteiger partial charge in [0.25, 0.3) is 0 Å². The second-order valence-corrected chi connectivity index (χ2v) is 5.03. The van der Waals surface area contributed by atoms with Crippen molar-refractivity contribution in [2.24, 2.45) is 0 Å². The molecule has 106 valence electrons. The first-order valence-corrected chi connectivity index (χ1v) is 6.69. The van der Waals surface area contributed by atoms with E-state index in [0.717, 1.165) is 25.9 Å². The van der Waals surface area contributed by atoms with E-state index in [1.54, 1.807) is 12.1 Å². The van der Waals surface area contributed by atoms with Gasteiger partial charge in [0, 0.05) is 18.7 Å². The molecule has 0 saturated carbocycles. The molecule has 3 rings (SSSR count). The van der Waals surface area contributed by atoms with Gasteiger partial charge < -0.3 is 9.63 Å². The molecule has 1 N–H and O–H groups in total. The molecule has 2 heterocycles. The summed E-state index contributed by atoms with van der Waals surface area (Å²) < 4.78 is 18.4. The van der Waals surface area contributed by atoms with E-state index in [-0.39, 0.29) is 11.9 Å². The Bertz CT molecular complexity index is 579. The van der Waals surface area contributed by atoms with E-state index >= 15 is 0 Å². The molecule has 20 heavy (non-hydrogen) atoms. The van der Waals surface area contributed by atoms with Crippen LogP contribution in [0.25, 0.3) is 11.4 Å². The first kappa shape index (κ1) is 13.2. The number of piperidine rings is 1. The number of likely N-dealkylation sites (tertiary alicyclic amines) is 1. The summed E-state index contributed by atoms with van der Waals surface area (Å²) in [5.74, 6) is 0.594. The van der Waals surface area contributed by atoms with Crippen molar-refractivity contribution >= 4 is 0 Å². The second-order valence-electron chi connectivity index (χ2n) is 5.03. The molecule has 1 aromatic carbocycles. The summed E-state index contributed by atoms with van der Waals surface area (Å²) >= 11 is 0. The van der Waals surface area contributed by atoms with E-state index in [1.807, 2.05) is 0 Å². The summed E-state index contributed by atoms with van der Waals surface area (Å²) in [6.45, 7) is 2.20. The molecule has 0 radical (unpaired) electrons. The summed E-state index contributed by atoms with van der Waals surface area (Å²) in [6, 6.07) is 6.12. The Morgan fingerprint density at radius 3 is 2.90 bits per heavy atom. The fraction of sp³-hybridized carbons (Fsp3) is 0.429.